The first-order valence-corrected chi connectivity index (χ1v) is 6.00. The summed E-state index contributed by atoms with van der Waals surface area (Å²) in [5, 5.41) is 20.0. The van der Waals surface area contributed by atoms with Gasteiger partial charge in [-0.3, -0.25) is 0 Å². The third kappa shape index (κ3) is 2.71. The molecule has 1 aromatic rings. The van der Waals surface area contributed by atoms with Gasteiger partial charge >= 0.3 is 121 Å². The molecule has 2 rings (SSSR count). The summed E-state index contributed by atoms with van der Waals surface area (Å²) >= 11 is 3.13. The van der Waals surface area contributed by atoms with Crippen molar-refractivity contribution in [2.24, 2.45) is 0 Å². The minimum absolute atomic E-state index is 0.0780. The van der Waals surface area contributed by atoms with Gasteiger partial charge in [0.1, 0.15) is 0 Å². The van der Waals surface area contributed by atoms with Crippen molar-refractivity contribution in [1.29, 1.82) is 5.31 Å². The van der Waals surface area contributed by atoms with Gasteiger partial charge in [-0.1, -0.05) is 0 Å². The molecule has 0 aliphatic carbocycles. The Bertz CT molecular complexity index is 596. The summed E-state index contributed by atoms with van der Waals surface area (Å²) in [6.07, 6.45) is 0. The van der Waals surface area contributed by atoms with Crippen molar-refractivity contribution in [2.75, 3.05) is 18.7 Å². The molecule has 0 bridgehead atoms. The molecule has 0 fully saturated rings. The molecule has 1 aliphatic rings. The normalized spacial score (nSPS) is 11.7. The zero-order valence-corrected chi connectivity index (χ0v) is 11.4. The second kappa shape index (κ2) is 5.86. The Hall–Kier alpha value is -2.17. The Morgan fingerprint density at radius 3 is 2.95 bits per heavy atom. The number of carbonyl (C=O) groups is 1. The van der Waals surface area contributed by atoms with E-state index >= 15 is 0 Å². The number of ether oxygens (including phenoxy) is 2. The summed E-state index contributed by atoms with van der Waals surface area (Å²) in [6, 6.07) is 1.21. The van der Waals surface area contributed by atoms with Crippen molar-refractivity contribution in [1.82, 2.24) is 0 Å². The first kappa shape index (κ1) is 14.2. The molecule has 104 valence electrons. The van der Waals surface area contributed by atoms with E-state index in [2.05, 4.69) is 25.9 Å². The van der Waals surface area contributed by atoms with Gasteiger partial charge in [-0.05, 0) is 0 Å². The SMILES string of the molecule is N=BOCC(=O)Nc1c([N+](=O)[O-])cc(Br)c2c1OCO2. The van der Waals surface area contributed by atoms with E-state index in [0.717, 1.165) is 0 Å². The third-order valence-corrected chi connectivity index (χ3v) is 2.92. The van der Waals surface area contributed by atoms with E-state index in [-0.39, 0.29) is 29.7 Å². The monoisotopic (exact) mass is 343 g/mol. The number of fused-ring (bicyclic) bond motifs is 1. The van der Waals surface area contributed by atoms with Crippen LogP contribution < -0.4 is 14.8 Å². The predicted molar refractivity (Wildman–Crippen MR) is 70.0 cm³/mol. The second-order valence-electron chi connectivity index (χ2n) is 3.55. The molecule has 1 aromatic carbocycles. The first-order valence-electron chi connectivity index (χ1n) is 5.21. The molecule has 1 aliphatic heterocycles. The van der Waals surface area contributed by atoms with E-state index in [4.69, 9.17) is 14.8 Å². The summed E-state index contributed by atoms with van der Waals surface area (Å²) in [5.74, 6) is -0.301. The van der Waals surface area contributed by atoms with E-state index in [0.29, 0.717) is 11.7 Å². The summed E-state index contributed by atoms with van der Waals surface area (Å²) in [5.41, 5.74) is -0.450. The molecular formula is C9H7BBrN3O6. The zero-order valence-electron chi connectivity index (χ0n) is 9.84. The quantitative estimate of drug-likeness (QED) is 0.473. The van der Waals surface area contributed by atoms with E-state index in [1.54, 1.807) is 0 Å². The topological polar surface area (TPSA) is 124 Å². The van der Waals surface area contributed by atoms with E-state index < -0.39 is 17.4 Å². The van der Waals surface area contributed by atoms with Crippen LogP contribution in [0.3, 0.4) is 0 Å². The number of carbonyl (C=O) groups excluding carboxylic acids is 1. The Kier molecular flexibility index (Phi) is 4.18. The fraction of sp³-hybridized carbons (Fsp3) is 0.222. The van der Waals surface area contributed by atoms with Crippen LogP contribution in [-0.2, 0) is 9.45 Å². The molecule has 11 heteroatoms. The molecular weight excluding hydrogens is 337 g/mol. The van der Waals surface area contributed by atoms with Crippen molar-refractivity contribution in [3.63, 3.8) is 0 Å². The number of halogens is 1. The molecule has 0 unspecified atom stereocenters. The van der Waals surface area contributed by atoms with Gasteiger partial charge in [-0.15, -0.1) is 0 Å². The summed E-state index contributed by atoms with van der Waals surface area (Å²) in [7, 11) is 0.597. The van der Waals surface area contributed by atoms with Gasteiger partial charge < -0.3 is 0 Å². The molecule has 1 amide bonds. The number of rotatable bonds is 5. The Balaban J connectivity index is 2.39. The fourth-order valence-corrected chi connectivity index (χ4v) is 2.08. The van der Waals surface area contributed by atoms with Crippen LogP contribution in [0.15, 0.2) is 10.5 Å². The molecule has 0 saturated carbocycles. The summed E-state index contributed by atoms with van der Waals surface area (Å²) in [6.45, 7) is -0.540. The number of anilines is 1. The molecule has 0 saturated heterocycles. The molecule has 0 aromatic heterocycles. The van der Waals surface area contributed by atoms with Crippen LogP contribution in [0.25, 0.3) is 0 Å². The maximum atomic E-state index is 11.6. The minimum atomic E-state index is -0.656. The van der Waals surface area contributed by atoms with Crippen molar-refractivity contribution < 1.29 is 23.8 Å². The van der Waals surface area contributed by atoms with Gasteiger partial charge in [-0.25, -0.2) is 0 Å². The van der Waals surface area contributed by atoms with Crippen molar-refractivity contribution in [2.45, 2.75) is 0 Å². The van der Waals surface area contributed by atoms with Crippen LogP contribution in [0, 0.1) is 15.4 Å². The number of nitro groups is 1. The molecule has 0 atom stereocenters. The van der Waals surface area contributed by atoms with Gasteiger partial charge in [-0.2, -0.15) is 0 Å². The van der Waals surface area contributed by atoms with E-state index in [9.17, 15) is 14.9 Å². The van der Waals surface area contributed by atoms with Crippen LogP contribution in [0.1, 0.15) is 0 Å². The fourth-order valence-electron chi connectivity index (χ4n) is 1.57. The van der Waals surface area contributed by atoms with Gasteiger partial charge in [0.05, 0.1) is 0 Å². The molecule has 0 radical (unpaired) electrons. The average molecular weight is 344 g/mol. The third-order valence-electron chi connectivity index (χ3n) is 2.34. The van der Waals surface area contributed by atoms with Crippen LogP contribution in [0.2, 0.25) is 0 Å². The molecule has 0 spiro atoms. The average Bonchev–Trinajstić information content (AvgIpc) is 2.89. The molecule has 2 N–H and O–H groups in total. The van der Waals surface area contributed by atoms with Crippen molar-refractivity contribution in [3.05, 3.63) is 20.7 Å². The van der Waals surface area contributed by atoms with E-state index in [1.807, 2.05) is 0 Å². The molecule has 1 heterocycles. The van der Waals surface area contributed by atoms with Crippen LogP contribution in [-0.4, -0.2) is 31.5 Å². The van der Waals surface area contributed by atoms with Crippen LogP contribution >= 0.6 is 15.9 Å². The van der Waals surface area contributed by atoms with E-state index in [1.165, 1.54) is 6.07 Å². The number of nitrogens with one attached hydrogen (secondary N) is 2. The molecule has 20 heavy (non-hydrogen) atoms. The van der Waals surface area contributed by atoms with Crippen LogP contribution in [0.4, 0.5) is 11.4 Å². The zero-order chi connectivity index (χ0) is 14.7. The maximum absolute atomic E-state index is 11.6. The van der Waals surface area contributed by atoms with Gasteiger partial charge in [0, 0.05) is 0 Å². The van der Waals surface area contributed by atoms with Gasteiger partial charge in [0.2, 0.25) is 0 Å². The second-order valence-corrected chi connectivity index (χ2v) is 4.41. The Morgan fingerprint density at radius 1 is 1.60 bits per heavy atom. The van der Waals surface area contributed by atoms with Crippen molar-refractivity contribution in [3.8, 4) is 11.5 Å². The number of hydrogen-bond acceptors (Lipinski definition) is 7. The number of nitro benzene ring substituents is 1. The summed E-state index contributed by atoms with van der Waals surface area (Å²) in [4.78, 5) is 21.9. The number of hydrogen-bond donors (Lipinski definition) is 2. The van der Waals surface area contributed by atoms with Gasteiger partial charge in [0.25, 0.3) is 0 Å². The molecule has 9 nitrogen and oxygen atoms in total. The number of amides is 1. The summed E-state index contributed by atoms with van der Waals surface area (Å²) < 4.78 is 15.1. The number of benzene rings is 1. The first-order chi connectivity index (χ1) is 9.54. The van der Waals surface area contributed by atoms with Crippen LogP contribution in [0.5, 0.6) is 11.5 Å². The predicted octanol–water partition coefficient (Wildman–Crippen LogP) is 1.42. The Labute approximate surface area is 121 Å². The van der Waals surface area contributed by atoms with Crippen molar-refractivity contribution >= 4 is 40.5 Å². The Morgan fingerprint density at radius 2 is 2.30 bits per heavy atom. The standard InChI is InChI=1S/C9H7BBrN3O6/c11-4-1-5(14(16)17)7(9-8(4)18-3-19-9)13-6(15)2-20-10-12/h1,12H,2-3H2,(H,13,15). The van der Waals surface area contributed by atoms with Gasteiger partial charge in [0.15, 0.2) is 0 Å². The number of nitrogens with zero attached hydrogens (tertiary/aromatic N) is 1.